The van der Waals surface area contributed by atoms with Crippen molar-refractivity contribution in [2.24, 2.45) is 17.3 Å². The fraction of sp³-hybridized carbons (Fsp3) is 0.250. The Bertz CT molecular complexity index is 3110. The van der Waals surface area contributed by atoms with Crippen molar-refractivity contribution in [2.75, 3.05) is 4.90 Å². The summed E-state index contributed by atoms with van der Waals surface area (Å²) in [6.07, 6.45) is 11.8. The minimum absolute atomic E-state index is 0.0750. The fourth-order valence-corrected chi connectivity index (χ4v) is 14.3. The Kier molecular flexibility index (Phi) is 8.87. The summed E-state index contributed by atoms with van der Waals surface area (Å²) in [5.74, 6) is 1.43. The zero-order chi connectivity index (χ0) is 43.3. The number of hydrogen-bond donors (Lipinski definition) is 0. The van der Waals surface area contributed by atoms with Crippen molar-refractivity contribution in [2.45, 2.75) is 82.5 Å². The summed E-state index contributed by atoms with van der Waals surface area (Å²) in [4.78, 5) is 2.46. The van der Waals surface area contributed by atoms with Gasteiger partial charge in [-0.15, -0.1) is 0 Å². The molecule has 3 saturated carbocycles. The van der Waals surface area contributed by atoms with Crippen LogP contribution in [0.15, 0.2) is 188 Å². The zero-order valence-electron chi connectivity index (χ0n) is 37.9. The molecule has 5 aliphatic carbocycles. The smallest absolute Gasteiger partial charge is 0.0467 e. The van der Waals surface area contributed by atoms with Crippen molar-refractivity contribution in [1.29, 1.82) is 0 Å². The van der Waals surface area contributed by atoms with E-state index in [1.54, 1.807) is 16.7 Å². The monoisotopic (exact) mass is 839 g/mol. The van der Waals surface area contributed by atoms with Crippen molar-refractivity contribution in [3.8, 4) is 55.6 Å². The maximum absolute atomic E-state index is 2.56. The molecule has 0 bridgehead atoms. The summed E-state index contributed by atoms with van der Waals surface area (Å²) >= 11 is 0. The maximum Gasteiger partial charge on any atom is 0.0467 e. The van der Waals surface area contributed by atoms with E-state index in [9.17, 15) is 0 Å². The average Bonchev–Trinajstić information content (AvgIpc) is 3.92. The maximum atomic E-state index is 2.56. The number of hydrogen-bond acceptors (Lipinski definition) is 1. The van der Waals surface area contributed by atoms with E-state index < -0.39 is 0 Å². The quantitative estimate of drug-likeness (QED) is 0.155. The first-order valence-corrected chi connectivity index (χ1v) is 24.6. The Morgan fingerprint density at radius 1 is 0.431 bits per heavy atom. The predicted molar refractivity (Wildman–Crippen MR) is 272 cm³/mol. The van der Waals surface area contributed by atoms with Gasteiger partial charge in [0, 0.05) is 27.9 Å². The van der Waals surface area contributed by atoms with E-state index in [0.717, 1.165) is 23.0 Å². The molecule has 3 fully saturated rings. The first-order valence-electron chi connectivity index (χ1n) is 24.6. The Hall–Kier alpha value is -6.44. The standard InChI is InChI=1S/C64H57N/c1-3-62-40-43(2)64(42-48(62)41-62)57-26-11-9-22-55(57)61-53(24-16-28-59(61)64)47-19-14-20-51(39-47)65(49-33-29-45(30-34-49)44-17-6-4-7-18-44)50-35-31-46(32-36-50)52-23-15-27-58-60(52)54-21-8-10-25-56(54)63(58)37-12-5-13-38-63/h4,6-11,14-36,39,43,48H,3,5,12-13,37-38,40-42H2,1-2H3/t43-,48+,62?,64-/m0/s1. The molecule has 0 amide bonds. The van der Waals surface area contributed by atoms with Gasteiger partial charge in [0.15, 0.2) is 0 Å². The SMILES string of the molecule is CCC12C[C@@H]1C[C@@]1(c3ccccc3-c3c(-c4cccc(N(c5ccc(-c6ccccc6)cc5)c5ccc(-c6cccc7c6-c6ccccc6C76CCCCC6)cc5)c4)cccc31)[C@@H](C)C2. The summed E-state index contributed by atoms with van der Waals surface area (Å²) in [5, 5.41) is 0. The highest BCUT2D eigenvalue weighted by atomic mass is 15.1. The summed E-state index contributed by atoms with van der Waals surface area (Å²) in [6.45, 7) is 5.00. The van der Waals surface area contributed by atoms with Crippen LogP contribution in [0.1, 0.15) is 93.9 Å². The van der Waals surface area contributed by atoms with Gasteiger partial charge in [-0.1, -0.05) is 191 Å². The zero-order valence-corrected chi connectivity index (χ0v) is 37.9. The third-order valence-electron chi connectivity index (χ3n) is 17.5. The number of fused-ring (bicyclic) bond motifs is 11. The summed E-state index contributed by atoms with van der Waals surface area (Å²) < 4.78 is 0. The van der Waals surface area contributed by atoms with Gasteiger partial charge in [0.2, 0.25) is 0 Å². The van der Waals surface area contributed by atoms with Crippen LogP contribution in [0.3, 0.4) is 0 Å². The second kappa shape index (κ2) is 14.8. The van der Waals surface area contributed by atoms with E-state index in [1.807, 2.05) is 0 Å². The number of anilines is 3. The Labute approximate surface area is 385 Å². The van der Waals surface area contributed by atoms with E-state index in [2.05, 4.69) is 207 Å². The molecule has 0 aromatic heterocycles. The average molecular weight is 840 g/mol. The third-order valence-corrected chi connectivity index (χ3v) is 17.5. The van der Waals surface area contributed by atoms with Crippen LogP contribution in [0.25, 0.3) is 55.6 Å². The highest BCUT2D eigenvalue weighted by molar-refractivity contribution is 5.95. The third kappa shape index (κ3) is 5.76. The van der Waals surface area contributed by atoms with Crippen molar-refractivity contribution in [3.05, 3.63) is 210 Å². The van der Waals surface area contributed by atoms with E-state index in [4.69, 9.17) is 0 Å². The fourth-order valence-electron chi connectivity index (χ4n) is 14.3. The molecule has 0 aliphatic heterocycles. The van der Waals surface area contributed by atoms with Gasteiger partial charge in [0.25, 0.3) is 0 Å². The van der Waals surface area contributed by atoms with Crippen LogP contribution >= 0.6 is 0 Å². The Morgan fingerprint density at radius 2 is 0.969 bits per heavy atom. The van der Waals surface area contributed by atoms with Crippen LogP contribution in [0.5, 0.6) is 0 Å². The molecule has 13 rings (SSSR count). The van der Waals surface area contributed by atoms with Crippen LogP contribution < -0.4 is 4.90 Å². The largest absolute Gasteiger partial charge is 0.310 e. The minimum atomic E-state index is 0.0750. The molecule has 65 heavy (non-hydrogen) atoms. The normalized spacial score (nSPS) is 22.7. The number of benzene rings is 8. The van der Waals surface area contributed by atoms with Gasteiger partial charge in [0.1, 0.15) is 0 Å². The van der Waals surface area contributed by atoms with Crippen molar-refractivity contribution >= 4 is 17.1 Å². The van der Waals surface area contributed by atoms with Gasteiger partial charge in [-0.2, -0.15) is 0 Å². The molecule has 0 heterocycles. The molecular weight excluding hydrogens is 783 g/mol. The molecule has 5 aliphatic rings. The highest BCUT2D eigenvalue weighted by Gasteiger charge is 2.64. The minimum Gasteiger partial charge on any atom is -0.310 e. The lowest BCUT2D eigenvalue weighted by atomic mass is 9.59. The van der Waals surface area contributed by atoms with Crippen molar-refractivity contribution in [1.82, 2.24) is 0 Å². The van der Waals surface area contributed by atoms with Crippen molar-refractivity contribution < 1.29 is 0 Å². The van der Waals surface area contributed by atoms with E-state index >= 15 is 0 Å². The lowest BCUT2D eigenvalue weighted by Crippen LogP contribution is -2.39. The molecule has 1 unspecified atom stereocenters. The molecule has 0 radical (unpaired) electrons. The first-order chi connectivity index (χ1) is 32.0. The van der Waals surface area contributed by atoms with Gasteiger partial charge in [-0.3, -0.25) is 0 Å². The Balaban J connectivity index is 0.924. The van der Waals surface area contributed by atoms with Gasteiger partial charge in [-0.05, 0) is 164 Å². The topological polar surface area (TPSA) is 3.24 Å². The molecule has 2 spiro atoms. The second-order valence-corrected chi connectivity index (χ2v) is 20.4. The van der Waals surface area contributed by atoms with Gasteiger partial charge in [0.05, 0.1) is 0 Å². The lowest BCUT2D eigenvalue weighted by molar-refractivity contribution is 0.175. The van der Waals surface area contributed by atoms with Crippen LogP contribution in [0.4, 0.5) is 17.1 Å². The van der Waals surface area contributed by atoms with Crippen molar-refractivity contribution in [3.63, 3.8) is 0 Å². The molecule has 1 heteroatoms. The summed E-state index contributed by atoms with van der Waals surface area (Å²) in [6, 6.07) is 71.7. The van der Waals surface area contributed by atoms with Gasteiger partial charge < -0.3 is 4.90 Å². The molecule has 8 aromatic carbocycles. The molecule has 0 N–H and O–H groups in total. The molecule has 1 nitrogen and oxygen atoms in total. The number of nitrogens with zero attached hydrogens (tertiary/aromatic N) is 1. The van der Waals surface area contributed by atoms with E-state index in [0.29, 0.717) is 11.3 Å². The van der Waals surface area contributed by atoms with Crippen LogP contribution in [0, 0.1) is 17.3 Å². The van der Waals surface area contributed by atoms with Crippen LogP contribution in [0.2, 0.25) is 0 Å². The van der Waals surface area contributed by atoms with Crippen LogP contribution in [-0.4, -0.2) is 0 Å². The second-order valence-electron chi connectivity index (χ2n) is 20.4. The molecule has 4 atom stereocenters. The van der Waals surface area contributed by atoms with E-state index in [-0.39, 0.29) is 10.8 Å². The first kappa shape index (κ1) is 39.0. The molecule has 318 valence electrons. The lowest BCUT2D eigenvalue weighted by Gasteiger charge is -2.44. The van der Waals surface area contributed by atoms with Crippen LogP contribution in [-0.2, 0) is 10.8 Å². The summed E-state index contributed by atoms with van der Waals surface area (Å²) in [5.41, 5.74) is 23.9. The number of rotatable bonds is 7. The predicted octanol–water partition coefficient (Wildman–Crippen LogP) is 17.5. The van der Waals surface area contributed by atoms with E-state index in [1.165, 1.54) is 119 Å². The van der Waals surface area contributed by atoms with Gasteiger partial charge >= 0.3 is 0 Å². The summed E-state index contributed by atoms with van der Waals surface area (Å²) in [7, 11) is 0. The molecular formula is C64H57N. The Morgan fingerprint density at radius 3 is 1.69 bits per heavy atom. The molecule has 0 saturated heterocycles. The van der Waals surface area contributed by atoms with Gasteiger partial charge in [-0.25, -0.2) is 0 Å². The highest BCUT2D eigenvalue weighted by Crippen LogP contribution is 2.72. The molecule has 8 aromatic rings.